The van der Waals surface area contributed by atoms with Crippen molar-refractivity contribution >= 4 is 39.9 Å². The minimum Gasteiger partial charge on any atom is -0.497 e. The maximum absolute atomic E-state index is 13.8. The van der Waals surface area contributed by atoms with Gasteiger partial charge < -0.3 is 19.7 Å². The van der Waals surface area contributed by atoms with Gasteiger partial charge in [0.05, 0.1) is 37.0 Å². The van der Waals surface area contributed by atoms with Gasteiger partial charge in [0.15, 0.2) is 5.16 Å². The van der Waals surface area contributed by atoms with Crippen molar-refractivity contribution in [2.45, 2.75) is 18.1 Å². The number of hydrogen-bond donors (Lipinski definition) is 1. The first-order valence-electron chi connectivity index (χ1n) is 12.6. The van der Waals surface area contributed by atoms with Crippen molar-refractivity contribution in [1.29, 1.82) is 0 Å². The first-order valence-corrected chi connectivity index (χ1v) is 13.6. The lowest BCUT2D eigenvalue weighted by atomic mass is 10.1. The SMILES string of the molecule is COc1ccc(NC(=O)CSc2nc3ccc(N4CCOCC4)cc3c(=O)n2CCc2ccccc2)cc1. The Labute approximate surface area is 225 Å². The Morgan fingerprint density at radius 2 is 1.82 bits per heavy atom. The Morgan fingerprint density at radius 3 is 2.55 bits per heavy atom. The van der Waals surface area contributed by atoms with Crippen LogP contribution >= 0.6 is 11.8 Å². The van der Waals surface area contributed by atoms with Crippen LogP contribution in [0.3, 0.4) is 0 Å². The Balaban J connectivity index is 1.40. The van der Waals surface area contributed by atoms with Gasteiger partial charge in [-0.05, 0) is 54.4 Å². The number of morpholine rings is 1. The highest BCUT2D eigenvalue weighted by Gasteiger charge is 2.17. The van der Waals surface area contributed by atoms with Gasteiger partial charge in [-0.1, -0.05) is 42.1 Å². The second-order valence-corrected chi connectivity index (χ2v) is 9.90. The summed E-state index contributed by atoms with van der Waals surface area (Å²) in [5, 5.41) is 4.00. The van der Waals surface area contributed by atoms with Gasteiger partial charge in [-0.2, -0.15) is 0 Å². The number of carbonyl (C=O) groups excluding carboxylic acids is 1. The zero-order chi connectivity index (χ0) is 26.3. The van der Waals surface area contributed by atoms with Gasteiger partial charge in [0, 0.05) is 31.0 Å². The third-order valence-corrected chi connectivity index (χ3v) is 7.43. The van der Waals surface area contributed by atoms with E-state index in [0.717, 1.165) is 30.1 Å². The van der Waals surface area contributed by atoms with Crippen LogP contribution in [-0.4, -0.2) is 54.6 Å². The number of aromatic nitrogens is 2. The van der Waals surface area contributed by atoms with Crippen LogP contribution in [0.25, 0.3) is 10.9 Å². The molecule has 1 amide bonds. The van der Waals surface area contributed by atoms with E-state index in [2.05, 4.69) is 10.2 Å². The molecule has 0 saturated carbocycles. The van der Waals surface area contributed by atoms with Crippen molar-refractivity contribution in [3.63, 3.8) is 0 Å². The normalized spacial score (nSPS) is 13.4. The highest BCUT2D eigenvalue weighted by atomic mass is 32.2. The molecule has 1 aliphatic rings. The number of fused-ring (bicyclic) bond motifs is 1. The number of anilines is 2. The summed E-state index contributed by atoms with van der Waals surface area (Å²) in [6.07, 6.45) is 0.683. The summed E-state index contributed by atoms with van der Waals surface area (Å²) in [6.45, 7) is 3.39. The van der Waals surface area contributed by atoms with Crippen molar-refractivity contribution in [2.75, 3.05) is 49.4 Å². The number of benzene rings is 3. The van der Waals surface area contributed by atoms with E-state index in [1.165, 1.54) is 11.8 Å². The lowest BCUT2D eigenvalue weighted by molar-refractivity contribution is -0.113. The van der Waals surface area contributed by atoms with Crippen LogP contribution in [0, 0.1) is 0 Å². The number of nitrogens with one attached hydrogen (secondary N) is 1. The Bertz CT molecular complexity index is 1450. The first kappa shape index (κ1) is 25.8. The molecule has 0 radical (unpaired) electrons. The van der Waals surface area contributed by atoms with Crippen LogP contribution in [0.15, 0.2) is 82.7 Å². The molecule has 1 saturated heterocycles. The molecule has 196 valence electrons. The minimum absolute atomic E-state index is 0.0981. The van der Waals surface area contributed by atoms with Gasteiger partial charge in [0.25, 0.3) is 5.56 Å². The molecule has 4 aromatic rings. The monoisotopic (exact) mass is 530 g/mol. The molecule has 2 heterocycles. The molecule has 9 heteroatoms. The Kier molecular flexibility index (Phi) is 8.25. The van der Waals surface area contributed by atoms with Crippen molar-refractivity contribution in [1.82, 2.24) is 9.55 Å². The Morgan fingerprint density at radius 1 is 1.05 bits per heavy atom. The second kappa shape index (κ2) is 12.1. The maximum atomic E-state index is 13.8. The molecular formula is C29H30N4O4S. The summed E-state index contributed by atoms with van der Waals surface area (Å²) in [4.78, 5) is 33.5. The minimum atomic E-state index is -0.174. The number of hydrogen-bond acceptors (Lipinski definition) is 7. The number of rotatable bonds is 9. The average Bonchev–Trinajstić information content (AvgIpc) is 2.97. The average molecular weight is 531 g/mol. The largest absolute Gasteiger partial charge is 0.497 e. The molecule has 0 atom stereocenters. The smallest absolute Gasteiger partial charge is 0.262 e. The molecule has 1 aromatic heterocycles. The molecule has 0 unspecified atom stereocenters. The molecule has 0 bridgehead atoms. The van der Waals surface area contributed by atoms with Gasteiger partial charge in [0.2, 0.25) is 5.91 Å². The van der Waals surface area contributed by atoms with Crippen LogP contribution in [0.4, 0.5) is 11.4 Å². The number of methoxy groups -OCH3 is 1. The van der Waals surface area contributed by atoms with E-state index in [4.69, 9.17) is 14.5 Å². The van der Waals surface area contributed by atoms with Gasteiger partial charge in [-0.3, -0.25) is 14.2 Å². The first-order chi connectivity index (χ1) is 18.6. The van der Waals surface area contributed by atoms with E-state index < -0.39 is 0 Å². The van der Waals surface area contributed by atoms with Crippen LogP contribution in [0.5, 0.6) is 5.75 Å². The molecule has 3 aromatic carbocycles. The quantitative estimate of drug-likeness (QED) is 0.256. The molecule has 5 rings (SSSR count). The van der Waals surface area contributed by atoms with Crippen molar-refractivity contribution < 1.29 is 14.3 Å². The molecule has 38 heavy (non-hydrogen) atoms. The summed E-state index contributed by atoms with van der Waals surface area (Å²) in [5.41, 5.74) is 3.34. The van der Waals surface area contributed by atoms with Gasteiger partial charge in [-0.25, -0.2) is 4.98 Å². The summed E-state index contributed by atoms with van der Waals surface area (Å²) in [6, 6.07) is 23.0. The fraction of sp³-hybridized carbons (Fsp3) is 0.276. The zero-order valence-corrected chi connectivity index (χ0v) is 22.1. The van der Waals surface area contributed by atoms with Crippen molar-refractivity contribution in [2.24, 2.45) is 0 Å². The summed E-state index contributed by atoms with van der Waals surface area (Å²) >= 11 is 1.27. The number of thioether (sulfide) groups is 1. The molecule has 0 aliphatic carbocycles. The van der Waals surface area contributed by atoms with E-state index >= 15 is 0 Å². The molecule has 0 spiro atoms. The molecular weight excluding hydrogens is 500 g/mol. The highest BCUT2D eigenvalue weighted by Crippen LogP contribution is 2.24. The zero-order valence-electron chi connectivity index (χ0n) is 21.3. The fourth-order valence-corrected chi connectivity index (χ4v) is 5.23. The number of ether oxygens (including phenoxy) is 2. The summed E-state index contributed by atoms with van der Waals surface area (Å²) in [5.74, 6) is 0.671. The lowest BCUT2D eigenvalue weighted by Crippen LogP contribution is -2.36. The van der Waals surface area contributed by atoms with E-state index in [9.17, 15) is 9.59 Å². The number of nitrogens with zero attached hydrogens (tertiary/aromatic N) is 3. The standard InChI is InChI=1S/C29H30N4O4S/c1-36-24-10-7-22(8-11-24)30-27(34)20-38-29-31-26-12-9-23(32-15-17-37-18-16-32)19-25(26)28(35)33(29)14-13-21-5-3-2-4-6-21/h2-12,19H,13-18,20H2,1H3,(H,30,34). The van der Waals surface area contributed by atoms with Crippen molar-refractivity contribution in [3.05, 3.63) is 88.7 Å². The Hall–Kier alpha value is -3.82. The molecule has 1 N–H and O–H groups in total. The third-order valence-electron chi connectivity index (χ3n) is 6.45. The predicted octanol–water partition coefficient (Wildman–Crippen LogP) is 4.22. The highest BCUT2D eigenvalue weighted by molar-refractivity contribution is 7.99. The molecule has 1 fully saturated rings. The predicted molar refractivity (Wildman–Crippen MR) is 152 cm³/mol. The van der Waals surface area contributed by atoms with E-state index in [1.807, 2.05) is 48.5 Å². The molecule has 8 nitrogen and oxygen atoms in total. The summed E-state index contributed by atoms with van der Waals surface area (Å²) < 4.78 is 12.3. The van der Waals surface area contributed by atoms with Crippen LogP contribution in [-0.2, 0) is 22.5 Å². The fourth-order valence-electron chi connectivity index (χ4n) is 4.40. The van der Waals surface area contributed by atoms with Crippen LogP contribution < -0.4 is 20.5 Å². The van der Waals surface area contributed by atoms with E-state index in [-0.39, 0.29) is 17.2 Å². The van der Waals surface area contributed by atoms with E-state index in [0.29, 0.717) is 47.9 Å². The van der Waals surface area contributed by atoms with Crippen LogP contribution in [0.1, 0.15) is 5.56 Å². The lowest BCUT2D eigenvalue weighted by Gasteiger charge is -2.29. The number of carbonyl (C=O) groups is 1. The number of aryl methyl sites for hydroxylation is 1. The van der Waals surface area contributed by atoms with E-state index in [1.54, 1.807) is 35.9 Å². The number of amides is 1. The second-order valence-electron chi connectivity index (χ2n) is 8.95. The van der Waals surface area contributed by atoms with Gasteiger partial charge in [0.1, 0.15) is 5.75 Å². The molecule has 1 aliphatic heterocycles. The maximum Gasteiger partial charge on any atom is 0.262 e. The third kappa shape index (κ3) is 6.17. The van der Waals surface area contributed by atoms with Gasteiger partial charge >= 0.3 is 0 Å². The van der Waals surface area contributed by atoms with Crippen molar-refractivity contribution in [3.8, 4) is 5.75 Å². The summed E-state index contributed by atoms with van der Waals surface area (Å²) in [7, 11) is 1.60. The van der Waals surface area contributed by atoms with Gasteiger partial charge in [-0.15, -0.1) is 0 Å². The van der Waals surface area contributed by atoms with Crippen LogP contribution in [0.2, 0.25) is 0 Å². The topological polar surface area (TPSA) is 85.7 Å².